The fourth-order valence-electron chi connectivity index (χ4n) is 3.21. The summed E-state index contributed by atoms with van der Waals surface area (Å²) >= 11 is 0. The molecule has 1 unspecified atom stereocenters. The van der Waals surface area contributed by atoms with Gasteiger partial charge in [0.2, 0.25) is 5.91 Å². The molecule has 2 aliphatic rings. The lowest BCUT2D eigenvalue weighted by atomic mass is 9.84. The van der Waals surface area contributed by atoms with Gasteiger partial charge in [-0.25, -0.2) is 0 Å². The monoisotopic (exact) mass is 238 g/mol. The van der Waals surface area contributed by atoms with E-state index in [9.17, 15) is 4.79 Å². The van der Waals surface area contributed by atoms with Crippen LogP contribution in [0.4, 0.5) is 0 Å². The Morgan fingerprint density at radius 1 is 1.29 bits per heavy atom. The van der Waals surface area contributed by atoms with E-state index in [1.165, 1.54) is 32.1 Å². The normalized spacial score (nSPS) is 32.4. The van der Waals surface area contributed by atoms with E-state index in [1.807, 2.05) is 6.92 Å². The summed E-state index contributed by atoms with van der Waals surface area (Å²) in [5, 5.41) is 6.56. The summed E-state index contributed by atoms with van der Waals surface area (Å²) in [4.78, 5) is 12.2. The first kappa shape index (κ1) is 12.9. The van der Waals surface area contributed by atoms with Gasteiger partial charge in [0.15, 0.2) is 0 Å². The first-order valence-electron chi connectivity index (χ1n) is 7.18. The van der Waals surface area contributed by atoms with Crippen LogP contribution in [0, 0.1) is 5.92 Å². The first-order chi connectivity index (χ1) is 8.12. The Bertz CT molecular complexity index is 265. The molecule has 2 rings (SSSR count). The first-order valence-corrected chi connectivity index (χ1v) is 7.18. The third kappa shape index (κ3) is 3.01. The lowest BCUT2D eigenvalue weighted by Gasteiger charge is -2.31. The largest absolute Gasteiger partial charge is 0.352 e. The van der Waals surface area contributed by atoms with E-state index in [4.69, 9.17) is 0 Å². The second kappa shape index (κ2) is 5.38. The second-order valence-corrected chi connectivity index (χ2v) is 6.02. The number of nitrogens with one attached hydrogen (secondary N) is 2. The van der Waals surface area contributed by atoms with E-state index in [2.05, 4.69) is 17.6 Å². The molecule has 0 spiro atoms. The van der Waals surface area contributed by atoms with Crippen molar-refractivity contribution in [1.82, 2.24) is 10.6 Å². The minimum absolute atomic E-state index is 0.202. The third-order valence-electron chi connectivity index (χ3n) is 4.59. The molecule has 1 saturated carbocycles. The minimum atomic E-state index is -0.317. The highest BCUT2D eigenvalue weighted by Gasteiger charge is 2.37. The molecule has 1 amide bonds. The Morgan fingerprint density at radius 3 is 2.59 bits per heavy atom. The molecule has 0 bridgehead atoms. The highest BCUT2D eigenvalue weighted by molar-refractivity contribution is 5.86. The van der Waals surface area contributed by atoms with Gasteiger partial charge in [0, 0.05) is 6.04 Å². The van der Waals surface area contributed by atoms with Crippen LogP contribution < -0.4 is 10.6 Å². The Kier molecular flexibility index (Phi) is 4.08. The van der Waals surface area contributed by atoms with E-state index in [0.29, 0.717) is 12.0 Å². The summed E-state index contributed by atoms with van der Waals surface area (Å²) in [6, 6.07) is 0.335. The zero-order chi connectivity index (χ0) is 12.3. The molecule has 1 heterocycles. The topological polar surface area (TPSA) is 41.1 Å². The van der Waals surface area contributed by atoms with Crippen molar-refractivity contribution in [1.29, 1.82) is 0 Å². The van der Waals surface area contributed by atoms with E-state index in [-0.39, 0.29) is 11.4 Å². The lowest BCUT2D eigenvalue weighted by Crippen LogP contribution is -2.54. The molecule has 3 nitrogen and oxygen atoms in total. The predicted octanol–water partition coefficient (Wildman–Crippen LogP) is 2.21. The molecule has 2 fully saturated rings. The highest BCUT2D eigenvalue weighted by atomic mass is 16.2. The molecule has 17 heavy (non-hydrogen) atoms. The van der Waals surface area contributed by atoms with Crippen molar-refractivity contribution in [2.24, 2.45) is 5.92 Å². The standard InChI is InChI=1S/C14H26N2O/c1-11(12-7-4-3-5-8-12)16-13(17)14(2)9-6-10-15-14/h11-12,15H,3-10H2,1-2H3,(H,16,17)/t11-,14?/m1/s1. The van der Waals surface area contributed by atoms with Gasteiger partial charge < -0.3 is 10.6 Å². The van der Waals surface area contributed by atoms with Crippen molar-refractivity contribution in [2.75, 3.05) is 6.54 Å². The Morgan fingerprint density at radius 2 is 2.00 bits per heavy atom. The number of hydrogen-bond acceptors (Lipinski definition) is 2. The molecule has 1 aliphatic heterocycles. The second-order valence-electron chi connectivity index (χ2n) is 6.02. The molecular weight excluding hydrogens is 212 g/mol. The summed E-state index contributed by atoms with van der Waals surface area (Å²) in [7, 11) is 0. The maximum atomic E-state index is 12.2. The average molecular weight is 238 g/mol. The van der Waals surface area contributed by atoms with Crippen LogP contribution in [0.2, 0.25) is 0 Å². The summed E-state index contributed by atoms with van der Waals surface area (Å²) < 4.78 is 0. The Hall–Kier alpha value is -0.570. The fraction of sp³-hybridized carbons (Fsp3) is 0.929. The molecule has 1 aliphatic carbocycles. The van der Waals surface area contributed by atoms with Crippen LogP contribution in [-0.2, 0) is 4.79 Å². The lowest BCUT2D eigenvalue weighted by molar-refractivity contribution is -0.127. The van der Waals surface area contributed by atoms with Crippen LogP contribution in [0.15, 0.2) is 0 Å². The molecule has 2 N–H and O–H groups in total. The van der Waals surface area contributed by atoms with Gasteiger partial charge in [0.1, 0.15) is 0 Å². The zero-order valence-corrected chi connectivity index (χ0v) is 11.2. The van der Waals surface area contributed by atoms with Crippen LogP contribution >= 0.6 is 0 Å². The highest BCUT2D eigenvalue weighted by Crippen LogP contribution is 2.27. The smallest absolute Gasteiger partial charge is 0.240 e. The third-order valence-corrected chi connectivity index (χ3v) is 4.59. The minimum Gasteiger partial charge on any atom is -0.352 e. The number of hydrogen-bond donors (Lipinski definition) is 2. The molecule has 0 aromatic heterocycles. The number of carbonyl (C=O) groups is 1. The summed E-state index contributed by atoms with van der Waals surface area (Å²) in [6.07, 6.45) is 8.69. The van der Waals surface area contributed by atoms with Crippen molar-refractivity contribution in [3.63, 3.8) is 0 Å². The summed E-state index contributed by atoms with van der Waals surface area (Å²) in [5.41, 5.74) is -0.317. The van der Waals surface area contributed by atoms with Crippen molar-refractivity contribution in [2.45, 2.75) is 70.4 Å². The van der Waals surface area contributed by atoms with Gasteiger partial charge in [-0.15, -0.1) is 0 Å². The van der Waals surface area contributed by atoms with E-state index in [1.54, 1.807) is 0 Å². The van der Waals surface area contributed by atoms with Crippen LogP contribution in [0.5, 0.6) is 0 Å². The molecule has 0 radical (unpaired) electrons. The molecule has 3 heteroatoms. The van der Waals surface area contributed by atoms with Crippen molar-refractivity contribution in [3.8, 4) is 0 Å². The maximum absolute atomic E-state index is 12.2. The Balaban J connectivity index is 1.84. The Labute approximate surface area is 105 Å². The average Bonchev–Trinajstić information content (AvgIpc) is 2.78. The maximum Gasteiger partial charge on any atom is 0.240 e. The number of amides is 1. The SMILES string of the molecule is C[C@@H](NC(=O)C1(C)CCCN1)C1CCCCC1. The molecule has 98 valence electrons. The summed E-state index contributed by atoms with van der Waals surface area (Å²) in [5.74, 6) is 0.894. The molecule has 1 saturated heterocycles. The van der Waals surface area contributed by atoms with Crippen molar-refractivity contribution < 1.29 is 4.79 Å². The van der Waals surface area contributed by atoms with Gasteiger partial charge >= 0.3 is 0 Å². The van der Waals surface area contributed by atoms with Gasteiger partial charge in [-0.3, -0.25) is 4.79 Å². The summed E-state index contributed by atoms with van der Waals surface area (Å²) in [6.45, 7) is 5.18. The van der Waals surface area contributed by atoms with Gasteiger partial charge in [0.05, 0.1) is 5.54 Å². The molecule has 0 aromatic rings. The molecule has 0 aromatic carbocycles. The van der Waals surface area contributed by atoms with Gasteiger partial charge in [-0.2, -0.15) is 0 Å². The van der Waals surface area contributed by atoms with Crippen LogP contribution in [0.1, 0.15) is 58.8 Å². The van der Waals surface area contributed by atoms with E-state index < -0.39 is 0 Å². The molecular formula is C14H26N2O. The molecule has 2 atom stereocenters. The van der Waals surface area contributed by atoms with Crippen LogP contribution in [-0.4, -0.2) is 24.0 Å². The van der Waals surface area contributed by atoms with Gasteiger partial charge in [-0.05, 0) is 52.0 Å². The van der Waals surface area contributed by atoms with Crippen molar-refractivity contribution in [3.05, 3.63) is 0 Å². The predicted molar refractivity (Wildman–Crippen MR) is 69.8 cm³/mol. The van der Waals surface area contributed by atoms with E-state index >= 15 is 0 Å². The quantitative estimate of drug-likeness (QED) is 0.791. The van der Waals surface area contributed by atoms with Gasteiger partial charge in [0.25, 0.3) is 0 Å². The van der Waals surface area contributed by atoms with E-state index in [0.717, 1.165) is 19.4 Å². The zero-order valence-electron chi connectivity index (χ0n) is 11.2. The van der Waals surface area contributed by atoms with Gasteiger partial charge in [-0.1, -0.05) is 19.3 Å². The fourth-order valence-corrected chi connectivity index (χ4v) is 3.21. The van der Waals surface area contributed by atoms with Crippen LogP contribution in [0.25, 0.3) is 0 Å². The number of carbonyl (C=O) groups excluding carboxylic acids is 1. The van der Waals surface area contributed by atoms with Crippen molar-refractivity contribution >= 4 is 5.91 Å². The van der Waals surface area contributed by atoms with Crippen LogP contribution in [0.3, 0.4) is 0 Å². The number of rotatable bonds is 3.